The van der Waals surface area contributed by atoms with E-state index in [1.807, 2.05) is 20.8 Å². The molecule has 0 fully saturated rings. The second kappa shape index (κ2) is 10.8. The van der Waals surface area contributed by atoms with Gasteiger partial charge < -0.3 is 20.6 Å². The van der Waals surface area contributed by atoms with E-state index < -0.39 is 6.11 Å². The van der Waals surface area contributed by atoms with E-state index >= 15 is 0 Å². The van der Waals surface area contributed by atoms with Gasteiger partial charge in [-0.05, 0) is 49.6 Å². The summed E-state index contributed by atoms with van der Waals surface area (Å²) in [6.45, 7) is 10.4. The molecule has 154 valence electrons. The molecule has 0 bridgehead atoms. The predicted molar refractivity (Wildman–Crippen MR) is 111 cm³/mol. The van der Waals surface area contributed by atoms with Crippen LogP contribution in [0.3, 0.4) is 0 Å². The largest absolute Gasteiger partial charge is 0.433 e. The lowest BCUT2D eigenvalue weighted by Crippen LogP contribution is -2.21. The number of aliphatic hydroxyl groups is 1. The zero-order valence-electron chi connectivity index (χ0n) is 17.0. The average Bonchev–Trinajstić information content (AvgIpc) is 2.62. The summed E-state index contributed by atoms with van der Waals surface area (Å²) in [6, 6.07) is 6.06. The van der Waals surface area contributed by atoms with Crippen LogP contribution in [0.2, 0.25) is 0 Å². The summed E-state index contributed by atoms with van der Waals surface area (Å²) in [4.78, 5) is 0. The molecule has 0 aliphatic rings. The number of hydrogen-bond acceptors (Lipinski definition) is 4. The van der Waals surface area contributed by atoms with Crippen LogP contribution >= 0.6 is 0 Å². The minimum atomic E-state index is -3.25. The number of rotatable bonds is 11. The lowest BCUT2D eigenvalue weighted by molar-refractivity contribution is -0.158. The fourth-order valence-corrected chi connectivity index (χ4v) is 2.90. The monoisotopic (exact) mass is 392 g/mol. The third-order valence-electron chi connectivity index (χ3n) is 4.27. The maximum Gasteiger partial charge on any atom is 0.394 e. The highest BCUT2D eigenvalue weighted by atomic mass is 19.3. The molecule has 0 atom stereocenters. The topological polar surface area (TPSA) is 65.3 Å². The normalized spacial score (nSPS) is 12.9. The summed E-state index contributed by atoms with van der Waals surface area (Å²) in [6.07, 6.45) is 1.92. The van der Waals surface area contributed by atoms with Crippen molar-refractivity contribution in [1.29, 1.82) is 5.41 Å². The summed E-state index contributed by atoms with van der Waals surface area (Å²) >= 11 is 0. The smallest absolute Gasteiger partial charge is 0.394 e. The number of benzene rings is 1. The molecule has 1 aromatic carbocycles. The molecule has 0 saturated heterocycles. The lowest BCUT2D eigenvalue weighted by atomic mass is 9.88. The number of aliphatic hydroxyl groups excluding tert-OH is 1. The molecule has 6 heteroatoms. The summed E-state index contributed by atoms with van der Waals surface area (Å²) < 4.78 is 30.4. The van der Waals surface area contributed by atoms with E-state index in [1.165, 1.54) is 12.1 Å². The molecule has 0 amide bonds. The van der Waals surface area contributed by atoms with E-state index in [-0.39, 0.29) is 18.3 Å². The molecule has 4 nitrogen and oxygen atoms in total. The second-order valence-electron chi connectivity index (χ2n) is 6.52. The molecule has 28 heavy (non-hydrogen) atoms. The van der Waals surface area contributed by atoms with Crippen LogP contribution in [-0.2, 0) is 0 Å². The van der Waals surface area contributed by atoms with E-state index in [4.69, 9.17) is 5.41 Å². The standard InChI is InChI=1S/C22H30F2N2O2/c1-6-9-17(14-27)20(21(25)16(7-2)8-3)15(4)26-18-10-12-19(13-11-18)28-22(5,23)24/h6,9-13,16,25-27H,4,7-8,14H2,1-3,5H3/b9-6-,20-17-,25-21?. The van der Waals surface area contributed by atoms with Crippen LogP contribution in [0.4, 0.5) is 14.5 Å². The highest BCUT2D eigenvalue weighted by molar-refractivity contribution is 6.04. The first kappa shape index (κ1) is 23.6. The van der Waals surface area contributed by atoms with Crippen molar-refractivity contribution in [2.45, 2.75) is 46.6 Å². The minimum Gasteiger partial charge on any atom is -0.433 e. The molecule has 3 N–H and O–H groups in total. The zero-order valence-corrected chi connectivity index (χ0v) is 17.0. The van der Waals surface area contributed by atoms with Crippen molar-refractivity contribution in [2.75, 3.05) is 11.9 Å². The number of anilines is 1. The van der Waals surface area contributed by atoms with Crippen molar-refractivity contribution < 1.29 is 18.6 Å². The van der Waals surface area contributed by atoms with Gasteiger partial charge in [0.15, 0.2) is 0 Å². The Morgan fingerprint density at radius 2 is 1.86 bits per heavy atom. The highest BCUT2D eigenvalue weighted by Crippen LogP contribution is 2.27. The predicted octanol–water partition coefficient (Wildman–Crippen LogP) is 5.92. The number of nitrogens with one attached hydrogen (secondary N) is 2. The number of ether oxygens (including phenoxy) is 1. The van der Waals surface area contributed by atoms with Gasteiger partial charge in [-0.3, -0.25) is 0 Å². The molecule has 0 aromatic heterocycles. The SMILES string of the molecule is C=C(Nc1ccc(OC(C)(F)F)cc1)/C(C(=N)C(CC)CC)=C(\C=C/C)CO. The Bertz CT molecular complexity index is 728. The van der Waals surface area contributed by atoms with E-state index in [1.54, 1.807) is 24.3 Å². The van der Waals surface area contributed by atoms with Crippen LogP contribution in [0.15, 0.2) is 59.8 Å². The van der Waals surface area contributed by atoms with Crippen LogP contribution in [0.5, 0.6) is 5.75 Å². The minimum absolute atomic E-state index is 0.0444. The molecule has 0 aliphatic heterocycles. The fraction of sp³-hybridized carbons (Fsp3) is 0.409. The molecule has 0 saturated carbocycles. The molecular formula is C22H30F2N2O2. The summed E-state index contributed by atoms with van der Waals surface area (Å²) in [5.74, 6) is 0.0945. The quantitative estimate of drug-likeness (QED) is 0.323. The first-order chi connectivity index (χ1) is 13.2. The lowest BCUT2D eigenvalue weighted by Gasteiger charge is -2.22. The van der Waals surface area contributed by atoms with Gasteiger partial charge in [0.2, 0.25) is 0 Å². The number of allylic oxidation sites excluding steroid dienone is 2. The van der Waals surface area contributed by atoms with E-state index in [0.29, 0.717) is 35.2 Å². The molecule has 1 rings (SSSR count). The Balaban J connectivity index is 3.15. The summed E-state index contributed by atoms with van der Waals surface area (Å²) in [5.41, 5.74) is 2.66. The van der Waals surface area contributed by atoms with Crippen LogP contribution < -0.4 is 10.1 Å². The van der Waals surface area contributed by atoms with E-state index in [9.17, 15) is 13.9 Å². The molecule has 0 aliphatic carbocycles. The Hall–Kier alpha value is -2.47. The molecular weight excluding hydrogens is 362 g/mol. The summed E-state index contributed by atoms with van der Waals surface area (Å²) in [5, 5.41) is 21.5. The second-order valence-corrected chi connectivity index (χ2v) is 6.52. The third kappa shape index (κ3) is 6.93. The summed E-state index contributed by atoms with van der Waals surface area (Å²) in [7, 11) is 0. The van der Waals surface area contributed by atoms with Crippen molar-refractivity contribution in [3.05, 3.63) is 59.8 Å². The van der Waals surface area contributed by atoms with Gasteiger partial charge in [-0.1, -0.05) is 32.6 Å². The van der Waals surface area contributed by atoms with Gasteiger partial charge in [0.1, 0.15) is 5.75 Å². The van der Waals surface area contributed by atoms with Gasteiger partial charge >= 0.3 is 6.11 Å². The Morgan fingerprint density at radius 1 is 1.29 bits per heavy atom. The Labute approximate surface area is 166 Å². The van der Waals surface area contributed by atoms with Crippen molar-refractivity contribution in [3.63, 3.8) is 0 Å². The van der Waals surface area contributed by atoms with Crippen LogP contribution in [0.25, 0.3) is 0 Å². The number of hydrogen-bond donors (Lipinski definition) is 3. The van der Waals surface area contributed by atoms with Crippen LogP contribution in [0, 0.1) is 11.3 Å². The van der Waals surface area contributed by atoms with E-state index in [2.05, 4.69) is 16.6 Å². The van der Waals surface area contributed by atoms with Gasteiger partial charge in [-0.25, -0.2) is 0 Å². The van der Waals surface area contributed by atoms with Crippen LogP contribution in [-0.4, -0.2) is 23.5 Å². The van der Waals surface area contributed by atoms with Gasteiger partial charge in [0, 0.05) is 35.5 Å². The molecule has 0 spiro atoms. The van der Waals surface area contributed by atoms with Crippen molar-refractivity contribution in [1.82, 2.24) is 0 Å². The maximum atomic E-state index is 12.9. The van der Waals surface area contributed by atoms with Gasteiger partial charge in [-0.2, -0.15) is 8.78 Å². The molecule has 0 heterocycles. The highest BCUT2D eigenvalue weighted by Gasteiger charge is 2.23. The maximum absolute atomic E-state index is 12.9. The third-order valence-corrected chi connectivity index (χ3v) is 4.27. The Kier molecular flexibility index (Phi) is 9.06. The fourth-order valence-electron chi connectivity index (χ4n) is 2.90. The number of alkyl halides is 2. The van der Waals surface area contributed by atoms with Gasteiger partial charge in [0.25, 0.3) is 0 Å². The molecule has 0 unspecified atom stereocenters. The van der Waals surface area contributed by atoms with Crippen molar-refractivity contribution >= 4 is 11.4 Å². The molecule has 0 radical (unpaired) electrons. The zero-order chi connectivity index (χ0) is 21.3. The van der Waals surface area contributed by atoms with E-state index in [0.717, 1.165) is 12.8 Å². The average molecular weight is 392 g/mol. The first-order valence-corrected chi connectivity index (χ1v) is 9.35. The number of halogens is 2. The van der Waals surface area contributed by atoms with Crippen LogP contribution in [0.1, 0.15) is 40.5 Å². The van der Waals surface area contributed by atoms with Crippen molar-refractivity contribution in [2.24, 2.45) is 5.92 Å². The molecule has 1 aromatic rings. The van der Waals surface area contributed by atoms with Gasteiger partial charge in [0.05, 0.1) is 6.61 Å². The van der Waals surface area contributed by atoms with Gasteiger partial charge in [-0.15, -0.1) is 0 Å². The first-order valence-electron chi connectivity index (χ1n) is 9.35. The van der Waals surface area contributed by atoms with Crippen molar-refractivity contribution in [3.8, 4) is 5.75 Å². The Morgan fingerprint density at radius 3 is 2.29 bits per heavy atom.